The third-order valence-electron chi connectivity index (χ3n) is 8.15. The van der Waals surface area contributed by atoms with E-state index in [-0.39, 0.29) is 35.4 Å². The molecule has 4 fully saturated rings. The van der Waals surface area contributed by atoms with Crippen molar-refractivity contribution in [3.8, 4) is 0 Å². The van der Waals surface area contributed by atoms with Gasteiger partial charge in [-0.05, 0) is 77.6 Å². The zero-order valence-electron chi connectivity index (χ0n) is 19.8. The molecule has 33 heavy (non-hydrogen) atoms. The van der Waals surface area contributed by atoms with E-state index in [4.69, 9.17) is 14.7 Å². The van der Waals surface area contributed by atoms with Gasteiger partial charge in [0.1, 0.15) is 6.10 Å². The molecule has 2 saturated carbocycles. The molecule has 186 valence electrons. The van der Waals surface area contributed by atoms with Crippen LogP contribution >= 0.6 is 0 Å². The number of nitrogens with zero attached hydrogens (tertiary/aromatic N) is 2. The number of ether oxygens (including phenoxy) is 1. The van der Waals surface area contributed by atoms with Crippen LogP contribution in [0.3, 0.4) is 0 Å². The van der Waals surface area contributed by atoms with Crippen molar-refractivity contribution in [2.45, 2.75) is 94.6 Å². The van der Waals surface area contributed by atoms with Gasteiger partial charge in [-0.3, -0.25) is 9.63 Å². The number of carbonyl (C=O) groups is 1. The molecule has 5 unspecified atom stereocenters. The second-order valence-electron chi connectivity index (χ2n) is 11.1. The fraction of sp³-hybridized carbons (Fsp3) is 0.913. The van der Waals surface area contributed by atoms with Crippen molar-refractivity contribution in [3.63, 3.8) is 0 Å². The lowest BCUT2D eigenvalue weighted by Crippen LogP contribution is -2.52. The number of fused-ring (bicyclic) bond motifs is 1. The highest BCUT2D eigenvalue weighted by atomic mass is 32.2. The fourth-order valence-corrected chi connectivity index (χ4v) is 7.81. The van der Waals surface area contributed by atoms with Crippen LogP contribution in [0.25, 0.3) is 0 Å². The molecule has 1 amide bonds. The van der Waals surface area contributed by atoms with Crippen molar-refractivity contribution in [2.75, 3.05) is 19.8 Å². The normalized spacial score (nSPS) is 37.0. The zero-order chi connectivity index (χ0) is 23.2. The Hall–Kier alpha value is -1.07. The van der Waals surface area contributed by atoms with Gasteiger partial charge in [-0.1, -0.05) is 0 Å². The van der Waals surface area contributed by atoms with E-state index in [2.05, 4.69) is 17.1 Å². The van der Waals surface area contributed by atoms with Gasteiger partial charge in [0.05, 0.1) is 11.8 Å². The maximum absolute atomic E-state index is 13.5. The van der Waals surface area contributed by atoms with Crippen LogP contribution in [-0.2, 0) is 24.4 Å². The highest BCUT2D eigenvalue weighted by molar-refractivity contribution is 7.90. The molecule has 9 nitrogen and oxygen atoms in total. The van der Waals surface area contributed by atoms with Gasteiger partial charge >= 0.3 is 0 Å². The molecule has 0 aromatic rings. The van der Waals surface area contributed by atoms with Crippen LogP contribution in [0.1, 0.15) is 71.6 Å². The first-order valence-electron chi connectivity index (χ1n) is 12.6. The van der Waals surface area contributed by atoms with E-state index in [1.54, 1.807) is 5.01 Å². The third-order valence-corrected chi connectivity index (χ3v) is 10.2. The van der Waals surface area contributed by atoms with Crippen molar-refractivity contribution >= 4 is 21.6 Å². The summed E-state index contributed by atoms with van der Waals surface area (Å²) in [6.45, 7) is 5.97. The number of amides is 1. The summed E-state index contributed by atoms with van der Waals surface area (Å²) in [6.07, 6.45) is 7.03. The lowest BCUT2D eigenvalue weighted by atomic mass is 9.72. The summed E-state index contributed by atoms with van der Waals surface area (Å²) in [5.74, 6) is 0.180. The molecular formula is C23H38N4O5S. The Kier molecular flexibility index (Phi) is 6.58. The van der Waals surface area contributed by atoms with Crippen LogP contribution in [0.5, 0.6) is 0 Å². The van der Waals surface area contributed by atoms with Gasteiger partial charge in [-0.2, -0.15) is 10.6 Å². The van der Waals surface area contributed by atoms with Gasteiger partial charge in [0.2, 0.25) is 15.9 Å². The first kappa shape index (κ1) is 23.7. The maximum atomic E-state index is 13.5. The Bertz CT molecular complexity index is 883. The summed E-state index contributed by atoms with van der Waals surface area (Å²) < 4.78 is 34.7. The molecule has 0 aromatic carbocycles. The molecule has 0 aromatic heterocycles. The van der Waals surface area contributed by atoms with Crippen molar-refractivity contribution in [3.05, 3.63) is 0 Å². The summed E-state index contributed by atoms with van der Waals surface area (Å²) in [6, 6.07) is 0.243. The molecule has 2 N–H and O–H groups in total. The smallest absolute Gasteiger partial charge is 0.246 e. The van der Waals surface area contributed by atoms with Gasteiger partial charge in [-0.25, -0.2) is 18.1 Å². The van der Waals surface area contributed by atoms with Crippen LogP contribution < -0.4 is 10.2 Å². The van der Waals surface area contributed by atoms with E-state index in [1.165, 1.54) is 0 Å². The van der Waals surface area contributed by atoms with Gasteiger partial charge < -0.3 is 4.74 Å². The van der Waals surface area contributed by atoms with E-state index in [0.717, 1.165) is 57.5 Å². The monoisotopic (exact) mass is 482 g/mol. The van der Waals surface area contributed by atoms with Crippen LogP contribution in [-0.4, -0.2) is 67.7 Å². The van der Waals surface area contributed by atoms with Crippen molar-refractivity contribution in [1.29, 1.82) is 0 Å². The second kappa shape index (κ2) is 9.18. The van der Waals surface area contributed by atoms with Crippen LogP contribution in [0.4, 0.5) is 0 Å². The molecule has 2 aliphatic carbocycles. The number of nitrogens with one attached hydrogen (secondary N) is 2. The summed E-state index contributed by atoms with van der Waals surface area (Å²) in [5.41, 5.74) is 3.75. The van der Waals surface area contributed by atoms with E-state index < -0.39 is 15.3 Å². The number of sulfonamides is 1. The number of hydroxylamine groups is 1. The van der Waals surface area contributed by atoms with E-state index >= 15 is 0 Å². The quantitative estimate of drug-likeness (QED) is 0.574. The second-order valence-corrected chi connectivity index (χ2v) is 13.1. The number of carbonyl (C=O) groups excluding carboxylic acids is 1. The molecule has 0 radical (unpaired) electrons. The number of hydrazone groups is 1. The van der Waals surface area contributed by atoms with Crippen LogP contribution in [0.2, 0.25) is 0 Å². The van der Waals surface area contributed by atoms with Crippen molar-refractivity contribution < 1.29 is 22.8 Å². The predicted octanol–water partition coefficient (Wildman–Crippen LogP) is 1.94. The molecule has 2 saturated heterocycles. The molecular weight excluding hydrogens is 444 g/mol. The average Bonchev–Trinajstić information content (AvgIpc) is 3.35. The van der Waals surface area contributed by atoms with Gasteiger partial charge in [0, 0.05) is 42.3 Å². The molecule has 5 atom stereocenters. The Morgan fingerprint density at radius 3 is 2.58 bits per heavy atom. The van der Waals surface area contributed by atoms with Crippen LogP contribution in [0.15, 0.2) is 5.10 Å². The third kappa shape index (κ3) is 5.29. The Morgan fingerprint density at radius 1 is 1.15 bits per heavy atom. The minimum absolute atomic E-state index is 0.0427. The molecule has 3 heterocycles. The largest absolute Gasteiger partial charge is 0.381 e. The lowest BCUT2D eigenvalue weighted by Gasteiger charge is -2.42. The fourth-order valence-electron chi connectivity index (χ4n) is 5.85. The van der Waals surface area contributed by atoms with Gasteiger partial charge in [0.25, 0.3) is 0 Å². The summed E-state index contributed by atoms with van der Waals surface area (Å²) in [4.78, 5) is 19.2. The summed E-state index contributed by atoms with van der Waals surface area (Å²) >= 11 is 0. The molecule has 5 aliphatic rings. The van der Waals surface area contributed by atoms with E-state index in [9.17, 15) is 13.2 Å². The number of rotatable bonds is 7. The first-order chi connectivity index (χ1) is 15.7. The molecule has 0 spiro atoms. The van der Waals surface area contributed by atoms with Gasteiger partial charge in [-0.15, -0.1) is 0 Å². The average molecular weight is 483 g/mol. The van der Waals surface area contributed by atoms with Crippen molar-refractivity contribution in [1.82, 2.24) is 15.2 Å². The minimum Gasteiger partial charge on any atom is -0.381 e. The lowest BCUT2D eigenvalue weighted by molar-refractivity contribution is -0.141. The standard InChI is InChI=1S/C23H38N4O5S/c1-15-11-17(32-25-15)14-27-22(28)20-13-18(33(29,30)26-23(2)7-8-23)3-4-19(20)21(24-27)12-16-5-9-31-10-6-16/h15-20,25-26H,3-14H2,1-2H3. The Balaban J connectivity index is 1.34. The first-order valence-corrected chi connectivity index (χ1v) is 14.2. The molecule has 5 rings (SSSR count). The minimum atomic E-state index is -3.46. The summed E-state index contributed by atoms with van der Waals surface area (Å²) in [5, 5.41) is 5.94. The Morgan fingerprint density at radius 2 is 1.91 bits per heavy atom. The molecule has 3 aliphatic heterocycles. The predicted molar refractivity (Wildman–Crippen MR) is 124 cm³/mol. The summed E-state index contributed by atoms with van der Waals surface area (Å²) in [7, 11) is -3.46. The zero-order valence-corrected chi connectivity index (χ0v) is 20.6. The molecule has 0 bridgehead atoms. The topological polar surface area (TPSA) is 109 Å². The molecule has 10 heteroatoms. The highest BCUT2D eigenvalue weighted by Gasteiger charge is 2.49. The van der Waals surface area contributed by atoms with E-state index in [1.807, 2.05) is 6.92 Å². The van der Waals surface area contributed by atoms with Crippen molar-refractivity contribution in [2.24, 2.45) is 22.9 Å². The van der Waals surface area contributed by atoms with Gasteiger partial charge in [0.15, 0.2) is 0 Å². The highest BCUT2D eigenvalue weighted by Crippen LogP contribution is 2.42. The number of hydrogen-bond acceptors (Lipinski definition) is 7. The van der Waals surface area contributed by atoms with E-state index in [0.29, 0.717) is 31.7 Å². The SMILES string of the molecule is CC1CC(CN2N=C(CC3CCOCC3)C3CCC(S(=O)(=O)NC4(C)CC4)CC3C2=O)ON1. The Labute approximate surface area is 197 Å². The maximum Gasteiger partial charge on any atom is 0.246 e. The number of hydrogen-bond donors (Lipinski definition) is 2. The van der Waals surface area contributed by atoms with Crippen LogP contribution in [0, 0.1) is 17.8 Å².